The van der Waals surface area contributed by atoms with Crippen LogP contribution in [0.3, 0.4) is 0 Å². The second-order valence-electron chi connectivity index (χ2n) is 9.61. The van der Waals surface area contributed by atoms with Crippen LogP contribution in [-0.2, 0) is 0 Å². The van der Waals surface area contributed by atoms with Gasteiger partial charge < -0.3 is 25.5 Å². The van der Waals surface area contributed by atoms with E-state index in [1.807, 2.05) is 25.1 Å². The van der Waals surface area contributed by atoms with Gasteiger partial charge in [-0.1, -0.05) is 6.07 Å². The predicted molar refractivity (Wildman–Crippen MR) is 156 cm³/mol. The van der Waals surface area contributed by atoms with Gasteiger partial charge in [0.05, 0.1) is 23.2 Å². The number of hydrogen-bond acceptors (Lipinski definition) is 7. The first kappa shape index (κ1) is 27.3. The lowest BCUT2D eigenvalue weighted by Gasteiger charge is -2.12. The first-order chi connectivity index (χ1) is 19.3. The van der Waals surface area contributed by atoms with Gasteiger partial charge in [-0.25, -0.2) is 13.5 Å². The third kappa shape index (κ3) is 5.69. The minimum Gasteiger partial charge on any atom is -0.483 e. The molecule has 0 saturated heterocycles. The minimum absolute atomic E-state index is 0.0950. The first-order valence-corrected chi connectivity index (χ1v) is 13.7. The number of ketones is 1. The number of ether oxygens (including phenoxy) is 1. The molecule has 40 heavy (non-hydrogen) atoms. The number of carbonyl (C=O) groups is 1. The zero-order valence-electron chi connectivity index (χ0n) is 22.3. The Morgan fingerprint density at radius 3 is 2.73 bits per heavy atom. The molecule has 1 fully saturated rings. The molecule has 0 spiro atoms. The molecule has 0 radical (unpaired) electrons. The van der Waals surface area contributed by atoms with E-state index in [0.717, 1.165) is 34.3 Å². The Bertz CT molecular complexity index is 1620. The van der Waals surface area contributed by atoms with Crippen LogP contribution >= 0.6 is 11.9 Å². The number of allylic oxidation sites excluding steroid dienone is 2. The molecule has 2 aromatic carbocycles. The van der Waals surface area contributed by atoms with Crippen molar-refractivity contribution >= 4 is 45.8 Å². The average molecular weight is 565 g/mol. The molecule has 0 atom stereocenters. The number of anilines is 2. The predicted octanol–water partition coefficient (Wildman–Crippen LogP) is 6.03. The number of nitrogens with zero attached hydrogens (tertiary/aromatic N) is 2. The lowest BCUT2D eigenvalue weighted by molar-refractivity contribution is 0.103. The van der Waals surface area contributed by atoms with Crippen molar-refractivity contribution in [2.45, 2.75) is 31.9 Å². The number of hydrogen-bond donors (Lipinski definition) is 4. The molecule has 0 aliphatic heterocycles. The highest BCUT2D eigenvalue weighted by Gasteiger charge is 2.23. The van der Waals surface area contributed by atoms with Crippen LogP contribution in [0.15, 0.2) is 60.4 Å². The van der Waals surface area contributed by atoms with Gasteiger partial charge >= 0.3 is 0 Å². The number of nitrogen functional groups attached to an aromatic ring is 1. The number of nitrogens with one attached hydrogen (secondary N) is 3. The number of carbonyl (C=O) groups excluding carboxylic acids is 1. The summed E-state index contributed by atoms with van der Waals surface area (Å²) in [5.74, 6) is -2.15. The number of aryl methyl sites for hydroxylation is 1. The summed E-state index contributed by atoms with van der Waals surface area (Å²) < 4.78 is 37.9. The van der Waals surface area contributed by atoms with Gasteiger partial charge in [-0.2, -0.15) is 5.10 Å². The molecule has 2 heterocycles. The number of rotatable bonds is 11. The topological polar surface area (TPSA) is 110 Å². The van der Waals surface area contributed by atoms with Gasteiger partial charge in [-0.3, -0.25) is 4.79 Å². The fourth-order valence-corrected chi connectivity index (χ4v) is 5.07. The zero-order chi connectivity index (χ0) is 28.4. The Balaban J connectivity index is 1.36. The van der Waals surface area contributed by atoms with Crippen LogP contribution in [0.4, 0.5) is 20.3 Å². The summed E-state index contributed by atoms with van der Waals surface area (Å²) in [6.45, 7) is 3.72. The van der Waals surface area contributed by atoms with E-state index in [0.29, 0.717) is 22.2 Å². The van der Waals surface area contributed by atoms with Crippen LogP contribution in [0.1, 0.15) is 41.4 Å². The Kier molecular flexibility index (Phi) is 7.83. The van der Waals surface area contributed by atoms with Crippen molar-refractivity contribution in [1.29, 1.82) is 0 Å². The van der Waals surface area contributed by atoms with Gasteiger partial charge in [-0.15, -0.1) is 0 Å². The van der Waals surface area contributed by atoms with E-state index in [9.17, 15) is 13.6 Å². The van der Waals surface area contributed by atoms with Gasteiger partial charge in [0.2, 0.25) is 5.78 Å². The quantitative estimate of drug-likeness (QED) is 0.100. The van der Waals surface area contributed by atoms with Crippen LogP contribution in [0.5, 0.6) is 5.75 Å². The van der Waals surface area contributed by atoms with E-state index in [4.69, 9.17) is 10.5 Å². The van der Waals surface area contributed by atoms with Crippen molar-refractivity contribution in [3.8, 4) is 5.75 Å². The number of nitrogens with two attached hydrogens (primary N) is 1. The van der Waals surface area contributed by atoms with E-state index < -0.39 is 17.4 Å². The van der Waals surface area contributed by atoms with E-state index in [1.165, 1.54) is 29.8 Å². The molecule has 11 heteroatoms. The number of aromatic amines is 1. The molecule has 0 unspecified atom stereocenters. The fraction of sp³-hybridized carbons (Fsp3) is 0.241. The second-order valence-corrected chi connectivity index (χ2v) is 10.7. The van der Waals surface area contributed by atoms with Crippen molar-refractivity contribution in [3.63, 3.8) is 0 Å². The fourth-order valence-electron chi connectivity index (χ4n) is 4.18. The molecule has 1 aliphatic rings. The molecule has 1 saturated carbocycles. The number of fused-ring (bicyclic) bond motifs is 1. The van der Waals surface area contributed by atoms with Crippen molar-refractivity contribution in [3.05, 3.63) is 88.9 Å². The van der Waals surface area contributed by atoms with Gasteiger partial charge in [0.1, 0.15) is 12.4 Å². The molecule has 5 rings (SSSR count). The van der Waals surface area contributed by atoms with Gasteiger partial charge in [-0.05, 0) is 86.2 Å². The Hall–Kier alpha value is -4.25. The zero-order valence-corrected chi connectivity index (χ0v) is 23.2. The third-order valence-corrected chi connectivity index (χ3v) is 7.71. The number of H-pyrrole nitrogens is 1. The molecule has 0 bridgehead atoms. The highest BCUT2D eigenvalue weighted by Crippen LogP contribution is 2.36. The highest BCUT2D eigenvalue weighted by atomic mass is 32.2. The highest BCUT2D eigenvalue weighted by molar-refractivity contribution is 8.01. The van der Waals surface area contributed by atoms with Crippen molar-refractivity contribution in [2.75, 3.05) is 24.1 Å². The molecule has 208 valence electrons. The SMILES string of the molecule is CN/C=C(\C(C)=C/COc1c(F)cccc1F)n1ncc(C(=O)c2cc3cc(C)c(NSC4CC4)cc3[nH]2)c1N. The van der Waals surface area contributed by atoms with Crippen LogP contribution in [0.2, 0.25) is 0 Å². The largest absolute Gasteiger partial charge is 0.483 e. The summed E-state index contributed by atoms with van der Waals surface area (Å²) in [6.07, 6.45) is 7.20. The monoisotopic (exact) mass is 564 g/mol. The molecule has 2 aromatic heterocycles. The van der Waals surface area contributed by atoms with Gasteiger partial charge in [0, 0.05) is 35.1 Å². The molecule has 5 N–H and O–H groups in total. The summed E-state index contributed by atoms with van der Waals surface area (Å²) in [5.41, 5.74) is 11.2. The summed E-state index contributed by atoms with van der Waals surface area (Å²) in [6, 6.07) is 9.40. The minimum atomic E-state index is -0.784. The smallest absolute Gasteiger partial charge is 0.214 e. The van der Waals surface area contributed by atoms with Crippen LogP contribution in [0.25, 0.3) is 16.6 Å². The summed E-state index contributed by atoms with van der Waals surface area (Å²) in [5, 5.41) is 8.89. The molecule has 0 amide bonds. The maximum Gasteiger partial charge on any atom is 0.214 e. The Labute approximate surface area is 234 Å². The van der Waals surface area contributed by atoms with E-state index in [-0.39, 0.29) is 23.8 Å². The second kappa shape index (κ2) is 11.5. The summed E-state index contributed by atoms with van der Waals surface area (Å²) in [4.78, 5) is 16.7. The first-order valence-electron chi connectivity index (χ1n) is 12.8. The van der Waals surface area contributed by atoms with E-state index >= 15 is 0 Å². The van der Waals surface area contributed by atoms with Crippen molar-refractivity contribution < 1.29 is 18.3 Å². The standard InChI is InChI=1S/C29H30F2N6O2S/c1-16(9-10-39-28-21(30)5-4-6-22(28)31)26(15-33-3)37-29(32)20(14-34-37)27(38)25-12-18-11-17(2)23(13-24(18)35-25)36-40-19-7-8-19/h4-6,9,11-15,19,33,35-36H,7-8,10,32H2,1-3H3/b16-9-,26-15+. The molecule has 4 aromatic rings. The van der Waals surface area contributed by atoms with Gasteiger partial charge in [0.15, 0.2) is 17.4 Å². The lowest BCUT2D eigenvalue weighted by Crippen LogP contribution is -2.11. The van der Waals surface area contributed by atoms with Crippen molar-refractivity contribution in [1.82, 2.24) is 20.1 Å². The number of aromatic nitrogens is 3. The molecule has 8 nitrogen and oxygen atoms in total. The average Bonchev–Trinajstić information content (AvgIpc) is 3.55. The van der Waals surface area contributed by atoms with Crippen LogP contribution in [-0.4, -0.2) is 39.5 Å². The van der Waals surface area contributed by atoms with Gasteiger partial charge in [0.25, 0.3) is 0 Å². The summed E-state index contributed by atoms with van der Waals surface area (Å²) in [7, 11) is 1.71. The Morgan fingerprint density at radius 2 is 2.02 bits per heavy atom. The Morgan fingerprint density at radius 1 is 1.27 bits per heavy atom. The van der Waals surface area contributed by atoms with Crippen LogP contribution in [0, 0.1) is 18.6 Å². The van der Waals surface area contributed by atoms with E-state index in [2.05, 4.69) is 20.1 Å². The molecule has 1 aliphatic carbocycles. The van der Waals surface area contributed by atoms with E-state index in [1.54, 1.807) is 38.2 Å². The number of benzene rings is 2. The lowest BCUT2D eigenvalue weighted by atomic mass is 10.1. The normalized spacial score (nSPS) is 14.0. The number of halogens is 2. The third-order valence-electron chi connectivity index (χ3n) is 6.57. The number of para-hydroxylation sites is 1. The molecular formula is C29H30F2N6O2S. The summed E-state index contributed by atoms with van der Waals surface area (Å²) >= 11 is 1.73. The molecular weight excluding hydrogens is 534 g/mol. The van der Waals surface area contributed by atoms with Crippen LogP contribution < -0.4 is 20.5 Å². The van der Waals surface area contributed by atoms with Crippen molar-refractivity contribution in [2.24, 2.45) is 0 Å². The maximum absolute atomic E-state index is 13.9. The maximum atomic E-state index is 13.9.